The summed E-state index contributed by atoms with van der Waals surface area (Å²) in [5, 5.41) is 1.22. The van der Waals surface area contributed by atoms with Crippen LogP contribution in [0.1, 0.15) is 5.56 Å². The van der Waals surface area contributed by atoms with E-state index >= 15 is 0 Å². The number of carbonyl (C=O) groups is 2. The van der Waals surface area contributed by atoms with Crippen molar-refractivity contribution in [2.75, 3.05) is 11.6 Å². The third kappa shape index (κ3) is 3.66. The number of benzene rings is 2. The van der Waals surface area contributed by atoms with Gasteiger partial charge in [0.1, 0.15) is 17.9 Å². The Morgan fingerprint density at radius 3 is 2.42 bits per heavy atom. The number of ether oxygens (including phenoxy) is 1. The summed E-state index contributed by atoms with van der Waals surface area (Å²) in [7, 11) is 0. The Morgan fingerprint density at radius 2 is 1.81 bits per heavy atom. The number of halogens is 2. The number of hydrogen-bond acceptors (Lipinski definition) is 3. The van der Waals surface area contributed by atoms with E-state index in [0.29, 0.717) is 25.9 Å². The van der Waals surface area contributed by atoms with Crippen molar-refractivity contribution in [2.24, 2.45) is 0 Å². The number of nitrogens with one attached hydrogen (secondary N) is 1. The fraction of sp³-hybridized carbons (Fsp3) is 0.0526. The Morgan fingerprint density at radius 1 is 1.15 bits per heavy atom. The summed E-state index contributed by atoms with van der Waals surface area (Å²) in [5.74, 6) is 2.08. The van der Waals surface area contributed by atoms with Crippen molar-refractivity contribution in [3.05, 3.63) is 62.5 Å². The van der Waals surface area contributed by atoms with Crippen molar-refractivity contribution in [1.29, 1.82) is 0 Å². The zero-order valence-corrected chi connectivity index (χ0v) is 16.5. The number of nitrogens with zero attached hydrogens (tertiary/aromatic N) is 1. The van der Waals surface area contributed by atoms with E-state index in [4.69, 9.17) is 11.2 Å². The average molecular weight is 476 g/mol. The number of hydrogen-bond donors (Lipinski definition) is 1. The molecule has 7 heteroatoms. The molecule has 0 spiro atoms. The predicted molar refractivity (Wildman–Crippen MR) is 106 cm³/mol. The summed E-state index contributed by atoms with van der Waals surface area (Å²) in [6.07, 6.45) is 6.73. The zero-order valence-electron chi connectivity index (χ0n) is 13.3. The SMILES string of the molecule is C#CCOc1c(Br)cc(C=C2C(=O)NN(c3ccccc3)C2=O)cc1Br. The van der Waals surface area contributed by atoms with Crippen LogP contribution in [0.3, 0.4) is 0 Å². The van der Waals surface area contributed by atoms with Crippen molar-refractivity contribution in [2.45, 2.75) is 0 Å². The second-order valence-electron chi connectivity index (χ2n) is 5.28. The van der Waals surface area contributed by atoms with Gasteiger partial charge in [-0.05, 0) is 67.8 Å². The van der Waals surface area contributed by atoms with Crippen molar-refractivity contribution in [1.82, 2.24) is 5.43 Å². The Bertz CT molecular complexity index is 926. The first-order chi connectivity index (χ1) is 12.5. The molecule has 2 aromatic rings. The first-order valence-corrected chi connectivity index (χ1v) is 9.07. The van der Waals surface area contributed by atoms with E-state index in [-0.39, 0.29) is 12.2 Å². The van der Waals surface area contributed by atoms with Gasteiger partial charge in [0.05, 0.1) is 14.6 Å². The Hall–Kier alpha value is -2.56. The molecule has 130 valence electrons. The topological polar surface area (TPSA) is 58.6 Å². The molecule has 26 heavy (non-hydrogen) atoms. The lowest BCUT2D eigenvalue weighted by molar-refractivity contribution is -0.117. The first kappa shape index (κ1) is 18.2. The smallest absolute Gasteiger partial charge is 0.282 e. The van der Waals surface area contributed by atoms with E-state index < -0.39 is 11.8 Å². The lowest BCUT2D eigenvalue weighted by Crippen LogP contribution is -2.35. The van der Waals surface area contributed by atoms with Crippen LogP contribution >= 0.6 is 31.9 Å². The number of rotatable bonds is 4. The number of carbonyl (C=O) groups excluding carboxylic acids is 2. The molecule has 0 radical (unpaired) electrons. The Kier molecular flexibility index (Phi) is 5.45. The van der Waals surface area contributed by atoms with E-state index in [1.165, 1.54) is 11.1 Å². The minimum Gasteiger partial charge on any atom is -0.479 e. The van der Waals surface area contributed by atoms with E-state index in [1.807, 2.05) is 6.07 Å². The van der Waals surface area contributed by atoms with Gasteiger partial charge < -0.3 is 4.74 Å². The van der Waals surface area contributed by atoms with Crippen LogP contribution in [-0.4, -0.2) is 18.4 Å². The lowest BCUT2D eigenvalue weighted by Gasteiger charge is -2.13. The van der Waals surface area contributed by atoms with Gasteiger partial charge in [0.2, 0.25) is 0 Å². The van der Waals surface area contributed by atoms with Gasteiger partial charge in [-0.1, -0.05) is 24.1 Å². The van der Waals surface area contributed by atoms with Crippen LogP contribution in [0.4, 0.5) is 5.69 Å². The maximum absolute atomic E-state index is 12.6. The molecule has 5 nitrogen and oxygen atoms in total. The summed E-state index contributed by atoms with van der Waals surface area (Å²) in [4.78, 5) is 24.8. The minimum absolute atomic E-state index is 0.0462. The molecule has 0 aromatic heterocycles. The van der Waals surface area contributed by atoms with Crippen LogP contribution in [0, 0.1) is 12.3 Å². The quantitative estimate of drug-likeness (QED) is 0.417. The molecular weight excluding hydrogens is 464 g/mol. The van der Waals surface area contributed by atoms with Crippen LogP contribution in [0.5, 0.6) is 5.75 Å². The maximum atomic E-state index is 12.6. The number of anilines is 1. The molecule has 2 aromatic carbocycles. The molecule has 0 saturated carbocycles. The second kappa shape index (κ2) is 7.77. The second-order valence-corrected chi connectivity index (χ2v) is 6.99. The van der Waals surface area contributed by atoms with Gasteiger partial charge in [0, 0.05) is 0 Å². The number of amides is 2. The largest absolute Gasteiger partial charge is 0.479 e. The van der Waals surface area contributed by atoms with Gasteiger partial charge in [-0.2, -0.15) is 0 Å². The summed E-state index contributed by atoms with van der Waals surface area (Å²) in [6, 6.07) is 12.4. The molecule has 1 saturated heterocycles. The van der Waals surface area contributed by atoms with Crippen molar-refractivity contribution >= 4 is 55.4 Å². The molecular formula is C19H12Br2N2O3. The van der Waals surface area contributed by atoms with Crippen LogP contribution in [0.15, 0.2) is 57.0 Å². The zero-order chi connectivity index (χ0) is 18.7. The van der Waals surface area contributed by atoms with Crippen molar-refractivity contribution < 1.29 is 14.3 Å². The monoisotopic (exact) mass is 474 g/mol. The lowest BCUT2D eigenvalue weighted by atomic mass is 10.1. The van der Waals surface area contributed by atoms with Gasteiger partial charge in [-0.25, -0.2) is 5.01 Å². The third-order valence-electron chi connectivity index (χ3n) is 3.54. The van der Waals surface area contributed by atoms with Crippen LogP contribution in [0.25, 0.3) is 6.08 Å². The highest BCUT2D eigenvalue weighted by atomic mass is 79.9. The van der Waals surface area contributed by atoms with Crippen LogP contribution < -0.4 is 15.2 Å². The Labute approximate surface area is 167 Å². The van der Waals surface area contributed by atoms with Gasteiger partial charge in [-0.15, -0.1) is 6.42 Å². The normalized spacial score (nSPS) is 15.1. The number of hydrazine groups is 1. The molecule has 1 aliphatic rings. The highest BCUT2D eigenvalue weighted by molar-refractivity contribution is 9.11. The summed E-state index contributed by atoms with van der Waals surface area (Å²) >= 11 is 6.82. The number of terminal acetylenes is 1. The van der Waals surface area contributed by atoms with E-state index in [9.17, 15) is 9.59 Å². The standard InChI is InChI=1S/C19H12Br2N2O3/c1-2-8-26-17-15(20)10-12(11-16(17)21)9-14-18(24)22-23(19(14)25)13-6-4-3-5-7-13/h1,3-7,9-11H,8H2,(H,22,24). The highest BCUT2D eigenvalue weighted by Gasteiger charge is 2.34. The minimum atomic E-state index is -0.459. The molecule has 1 fully saturated rings. The Balaban J connectivity index is 1.92. The molecule has 2 amide bonds. The summed E-state index contributed by atoms with van der Waals surface area (Å²) < 4.78 is 6.76. The predicted octanol–water partition coefficient (Wildman–Crippen LogP) is 3.69. The third-order valence-corrected chi connectivity index (χ3v) is 4.72. The maximum Gasteiger partial charge on any atom is 0.282 e. The molecule has 1 N–H and O–H groups in total. The average Bonchev–Trinajstić information content (AvgIpc) is 2.90. The first-order valence-electron chi connectivity index (χ1n) is 7.48. The molecule has 1 heterocycles. The summed E-state index contributed by atoms with van der Waals surface area (Å²) in [6.45, 7) is 0.130. The van der Waals surface area contributed by atoms with Gasteiger partial charge >= 0.3 is 0 Å². The fourth-order valence-electron chi connectivity index (χ4n) is 2.40. The summed E-state index contributed by atoms with van der Waals surface area (Å²) in [5.41, 5.74) is 3.86. The fourth-order valence-corrected chi connectivity index (χ4v) is 3.85. The van der Waals surface area contributed by atoms with Gasteiger partial charge in [0.15, 0.2) is 0 Å². The van der Waals surface area contributed by atoms with E-state index in [1.54, 1.807) is 36.4 Å². The van der Waals surface area contributed by atoms with Crippen LogP contribution in [-0.2, 0) is 9.59 Å². The van der Waals surface area contributed by atoms with Crippen molar-refractivity contribution in [3.8, 4) is 18.1 Å². The van der Waals surface area contributed by atoms with E-state index in [0.717, 1.165) is 0 Å². The highest BCUT2D eigenvalue weighted by Crippen LogP contribution is 2.35. The number of para-hydroxylation sites is 1. The molecule has 1 aliphatic heterocycles. The van der Waals surface area contributed by atoms with Crippen molar-refractivity contribution in [3.63, 3.8) is 0 Å². The van der Waals surface area contributed by atoms with E-state index in [2.05, 4.69) is 43.2 Å². The van der Waals surface area contributed by atoms with Crippen LogP contribution in [0.2, 0.25) is 0 Å². The molecule has 3 rings (SSSR count). The molecule has 0 aliphatic carbocycles. The molecule has 0 atom stereocenters. The molecule has 0 bridgehead atoms. The van der Waals surface area contributed by atoms with Gasteiger partial charge in [-0.3, -0.25) is 15.0 Å². The van der Waals surface area contributed by atoms with Gasteiger partial charge in [0.25, 0.3) is 11.8 Å². The molecule has 0 unspecified atom stereocenters.